The van der Waals surface area contributed by atoms with Crippen molar-refractivity contribution >= 4 is 17.7 Å². The van der Waals surface area contributed by atoms with Crippen LogP contribution in [-0.4, -0.2) is 18.3 Å². The van der Waals surface area contributed by atoms with Gasteiger partial charge in [-0.1, -0.05) is 19.4 Å². The minimum atomic E-state index is -0.356. The molecular weight excluding hydrogens is 198 g/mol. The Morgan fingerprint density at radius 2 is 2.14 bits per heavy atom. The Balaban J connectivity index is 3.03. The third-order valence-corrected chi connectivity index (χ3v) is 2.24. The van der Waals surface area contributed by atoms with E-state index in [1.54, 1.807) is 0 Å². The molecule has 0 aromatic heterocycles. The summed E-state index contributed by atoms with van der Waals surface area (Å²) in [6.45, 7) is 3.77. The standard InChI is InChI=1S/C10H15NO2S/c1-2-10(12)13-7-5-3-4-6-8-14-9-11/h2H,1,3-8H2. The first kappa shape index (κ1) is 13.1. The Hall–Kier alpha value is -0.950. The van der Waals surface area contributed by atoms with Crippen molar-refractivity contribution < 1.29 is 9.53 Å². The SMILES string of the molecule is C=CC(=O)OCCCCCCSC#N. The topological polar surface area (TPSA) is 50.1 Å². The Kier molecular flexibility index (Phi) is 9.45. The van der Waals surface area contributed by atoms with Crippen molar-refractivity contribution in [2.24, 2.45) is 0 Å². The third-order valence-electron chi connectivity index (χ3n) is 1.62. The Morgan fingerprint density at radius 3 is 2.79 bits per heavy atom. The predicted octanol–water partition coefficient (Wildman–Crippen LogP) is 2.49. The minimum absolute atomic E-state index is 0.356. The van der Waals surface area contributed by atoms with Crippen LogP contribution < -0.4 is 0 Å². The molecule has 3 nitrogen and oxygen atoms in total. The number of ether oxygens (including phenoxy) is 1. The van der Waals surface area contributed by atoms with Crippen LogP contribution in [0.3, 0.4) is 0 Å². The van der Waals surface area contributed by atoms with Gasteiger partial charge in [-0.15, -0.1) is 0 Å². The van der Waals surface area contributed by atoms with Crippen molar-refractivity contribution in [3.63, 3.8) is 0 Å². The summed E-state index contributed by atoms with van der Waals surface area (Å²) in [5.74, 6) is 0.535. The smallest absolute Gasteiger partial charge is 0.330 e. The van der Waals surface area contributed by atoms with Crippen LogP contribution in [0.5, 0.6) is 0 Å². The fourth-order valence-corrected chi connectivity index (χ4v) is 1.35. The fraction of sp³-hybridized carbons (Fsp3) is 0.600. The summed E-state index contributed by atoms with van der Waals surface area (Å²) in [5, 5.41) is 10.3. The van der Waals surface area contributed by atoms with Crippen LogP contribution in [0.1, 0.15) is 25.7 Å². The maximum absolute atomic E-state index is 10.6. The molecule has 0 unspecified atom stereocenters. The van der Waals surface area contributed by atoms with Crippen LogP contribution in [0, 0.1) is 10.7 Å². The van der Waals surface area contributed by atoms with Crippen molar-refractivity contribution in [1.82, 2.24) is 0 Å². The van der Waals surface area contributed by atoms with Crippen molar-refractivity contribution in [2.75, 3.05) is 12.4 Å². The third kappa shape index (κ3) is 9.14. The second-order valence-electron chi connectivity index (χ2n) is 2.73. The highest BCUT2D eigenvalue weighted by Gasteiger charge is 1.95. The van der Waals surface area contributed by atoms with Gasteiger partial charge in [0.05, 0.1) is 6.61 Å². The number of hydrogen-bond acceptors (Lipinski definition) is 4. The minimum Gasteiger partial charge on any atom is -0.463 e. The lowest BCUT2D eigenvalue weighted by molar-refractivity contribution is -0.137. The van der Waals surface area contributed by atoms with E-state index in [0.717, 1.165) is 31.4 Å². The zero-order chi connectivity index (χ0) is 10.6. The number of rotatable bonds is 8. The Morgan fingerprint density at radius 1 is 1.43 bits per heavy atom. The molecule has 0 aliphatic heterocycles. The fourth-order valence-electron chi connectivity index (χ4n) is 0.907. The summed E-state index contributed by atoms with van der Waals surface area (Å²) in [5.41, 5.74) is 0. The summed E-state index contributed by atoms with van der Waals surface area (Å²) in [4.78, 5) is 10.6. The molecule has 0 saturated carbocycles. The molecule has 0 aliphatic rings. The molecule has 0 radical (unpaired) electrons. The van der Waals surface area contributed by atoms with Crippen LogP contribution in [0.25, 0.3) is 0 Å². The first-order chi connectivity index (χ1) is 6.81. The van der Waals surface area contributed by atoms with Crippen LogP contribution in [0.2, 0.25) is 0 Å². The van der Waals surface area contributed by atoms with Gasteiger partial charge in [-0.05, 0) is 24.6 Å². The number of nitriles is 1. The van der Waals surface area contributed by atoms with Gasteiger partial charge in [0.25, 0.3) is 0 Å². The van der Waals surface area contributed by atoms with Gasteiger partial charge in [-0.25, -0.2) is 4.79 Å². The van der Waals surface area contributed by atoms with Crippen molar-refractivity contribution in [3.8, 4) is 5.40 Å². The molecule has 0 aliphatic carbocycles. The molecule has 0 amide bonds. The molecule has 0 heterocycles. The van der Waals surface area contributed by atoms with E-state index in [-0.39, 0.29) is 5.97 Å². The molecule has 0 spiro atoms. The molecule has 0 N–H and O–H groups in total. The number of carbonyl (C=O) groups excluding carboxylic acids is 1. The van der Waals surface area contributed by atoms with Gasteiger partial charge >= 0.3 is 5.97 Å². The van der Waals surface area contributed by atoms with Crippen molar-refractivity contribution in [2.45, 2.75) is 25.7 Å². The summed E-state index contributed by atoms with van der Waals surface area (Å²) in [7, 11) is 0. The molecule has 78 valence electrons. The van der Waals surface area contributed by atoms with Crippen molar-refractivity contribution in [1.29, 1.82) is 5.26 Å². The first-order valence-corrected chi connectivity index (χ1v) is 5.60. The van der Waals surface area contributed by atoms with E-state index in [9.17, 15) is 4.79 Å². The maximum atomic E-state index is 10.6. The van der Waals surface area contributed by atoms with E-state index in [4.69, 9.17) is 10.00 Å². The number of esters is 1. The average molecular weight is 213 g/mol. The summed E-state index contributed by atoms with van der Waals surface area (Å²) in [6.07, 6.45) is 5.23. The monoisotopic (exact) mass is 213 g/mol. The maximum Gasteiger partial charge on any atom is 0.330 e. The zero-order valence-electron chi connectivity index (χ0n) is 8.20. The molecule has 0 saturated heterocycles. The number of thiocyanates is 1. The molecule has 0 fully saturated rings. The first-order valence-electron chi connectivity index (χ1n) is 4.61. The molecule has 0 rings (SSSR count). The average Bonchev–Trinajstić information content (AvgIpc) is 2.21. The van der Waals surface area contributed by atoms with Gasteiger partial charge in [0.1, 0.15) is 5.40 Å². The summed E-state index contributed by atoms with van der Waals surface area (Å²) in [6, 6.07) is 0. The zero-order valence-corrected chi connectivity index (χ0v) is 9.02. The number of thioether (sulfide) groups is 1. The molecule has 0 atom stereocenters. The Labute approximate surface area is 89.1 Å². The molecule has 0 aromatic carbocycles. The molecule has 0 aromatic rings. The number of nitrogens with zero attached hydrogens (tertiary/aromatic N) is 1. The quantitative estimate of drug-likeness (QED) is 0.269. The van der Waals surface area contributed by atoms with E-state index >= 15 is 0 Å². The molecule has 0 bridgehead atoms. The highest BCUT2D eigenvalue weighted by Crippen LogP contribution is 2.05. The highest BCUT2D eigenvalue weighted by molar-refractivity contribution is 8.03. The summed E-state index contributed by atoms with van der Waals surface area (Å²) >= 11 is 1.29. The number of unbranched alkanes of at least 4 members (excludes halogenated alkanes) is 3. The van der Waals surface area contributed by atoms with Gasteiger partial charge in [0.2, 0.25) is 0 Å². The van der Waals surface area contributed by atoms with E-state index < -0.39 is 0 Å². The van der Waals surface area contributed by atoms with Crippen LogP contribution in [0.4, 0.5) is 0 Å². The van der Waals surface area contributed by atoms with E-state index in [1.165, 1.54) is 17.8 Å². The predicted molar refractivity (Wildman–Crippen MR) is 57.7 cm³/mol. The Bertz CT molecular complexity index is 211. The van der Waals surface area contributed by atoms with Gasteiger partial charge in [0.15, 0.2) is 0 Å². The van der Waals surface area contributed by atoms with Gasteiger partial charge < -0.3 is 4.74 Å². The normalized spacial score (nSPS) is 9.07. The molecular formula is C10H15NO2S. The van der Waals surface area contributed by atoms with Crippen LogP contribution in [-0.2, 0) is 9.53 Å². The van der Waals surface area contributed by atoms with Gasteiger partial charge in [0, 0.05) is 11.8 Å². The van der Waals surface area contributed by atoms with E-state index in [1.807, 2.05) is 5.40 Å². The number of carbonyl (C=O) groups is 1. The molecule has 14 heavy (non-hydrogen) atoms. The van der Waals surface area contributed by atoms with Crippen LogP contribution >= 0.6 is 11.8 Å². The number of hydrogen-bond donors (Lipinski definition) is 0. The second-order valence-corrected chi connectivity index (χ2v) is 3.61. The highest BCUT2D eigenvalue weighted by atomic mass is 32.2. The van der Waals surface area contributed by atoms with Crippen molar-refractivity contribution in [3.05, 3.63) is 12.7 Å². The van der Waals surface area contributed by atoms with E-state index in [0.29, 0.717) is 6.61 Å². The lowest BCUT2D eigenvalue weighted by Crippen LogP contribution is -2.01. The van der Waals surface area contributed by atoms with E-state index in [2.05, 4.69) is 6.58 Å². The lowest BCUT2D eigenvalue weighted by Gasteiger charge is -2.01. The van der Waals surface area contributed by atoms with Crippen LogP contribution in [0.15, 0.2) is 12.7 Å². The summed E-state index contributed by atoms with van der Waals surface area (Å²) < 4.78 is 4.80. The van der Waals surface area contributed by atoms with Gasteiger partial charge in [-0.3, -0.25) is 0 Å². The lowest BCUT2D eigenvalue weighted by atomic mass is 10.2. The second kappa shape index (κ2) is 10.1. The molecule has 4 heteroatoms. The van der Waals surface area contributed by atoms with Gasteiger partial charge in [-0.2, -0.15) is 5.26 Å². The largest absolute Gasteiger partial charge is 0.463 e.